The van der Waals surface area contributed by atoms with Crippen molar-refractivity contribution in [2.45, 2.75) is 114 Å². The topological polar surface area (TPSA) is 448 Å². The number of aliphatic hydroxyl groups excluding tert-OH is 1. The molecule has 11 heterocycles. The zero-order valence-corrected chi connectivity index (χ0v) is 59.2. The van der Waals surface area contributed by atoms with Gasteiger partial charge in [0.1, 0.15) is 126 Å². The lowest BCUT2D eigenvalue weighted by Gasteiger charge is -2.48. The number of nitrogens with zero attached hydrogens (tertiary/aromatic N) is 9. The van der Waals surface area contributed by atoms with Crippen LogP contribution in [0.2, 0.25) is 0 Å². The predicted octanol–water partition coefficient (Wildman–Crippen LogP) is 3.31. The van der Waals surface area contributed by atoms with E-state index in [4.69, 9.17) is 49.1 Å². The fourth-order valence-electron chi connectivity index (χ4n) is 12.3. The van der Waals surface area contributed by atoms with E-state index in [0.717, 1.165) is 56.7 Å². The minimum atomic E-state index is -1.92. The molecule has 38 heteroatoms. The molecular weight excluding hydrogens is 1420 g/mol. The molecular formula is C63H67N15O18S5. The van der Waals surface area contributed by atoms with Crippen LogP contribution in [0.25, 0.3) is 49.3 Å². The molecule has 0 radical (unpaired) electrons. The summed E-state index contributed by atoms with van der Waals surface area (Å²) in [5.41, 5.74) is 2.87. The maximum atomic E-state index is 15.2. The number of thiazole rings is 5. The molecule has 1 aromatic carbocycles. The van der Waals surface area contributed by atoms with Gasteiger partial charge >= 0.3 is 11.9 Å². The molecule has 4 aliphatic heterocycles. The van der Waals surface area contributed by atoms with Gasteiger partial charge in [0.15, 0.2) is 18.1 Å². The number of esters is 2. The van der Waals surface area contributed by atoms with Crippen molar-refractivity contribution in [3.05, 3.63) is 112 Å². The van der Waals surface area contributed by atoms with Crippen LogP contribution in [0.3, 0.4) is 0 Å². The SMILES string of the molecule is CO/C(C)=C1/NC(=O)[C@H]([C@@H](C)O)NC(=O)c2csc(n2)-c2cc(O)c(-c3nc(C(=O)NC(CN(C)C)C(N)=O)cs3)nc2-c2csc(n2)[C@@H]2COC(=O)c3c4c5c(cccc5n3O)COC(=O)[C@@H](O[C@H]3C[C@](C)(O)[C@H](N(C)C)[C@H](C)O3)[C@@H](OC4)[C@H](NC(=O)c3csc1n3)c1nc(cs1)C(=O)N2. The van der Waals surface area contributed by atoms with E-state index < -0.39 is 145 Å². The Labute approximate surface area is 593 Å². The highest BCUT2D eigenvalue weighted by Gasteiger charge is 2.50. The van der Waals surface area contributed by atoms with Crippen LogP contribution in [-0.2, 0) is 56.0 Å². The number of primary amides is 1. The van der Waals surface area contributed by atoms with Crippen molar-refractivity contribution in [1.29, 1.82) is 0 Å². The number of amides is 6. The van der Waals surface area contributed by atoms with Gasteiger partial charge in [0, 0.05) is 56.4 Å². The normalized spacial score (nSPS) is 24.1. The van der Waals surface area contributed by atoms with Crippen LogP contribution < -0.4 is 32.3 Å². The number of aromatic hydroxyl groups is 1. The Bertz CT molecular complexity index is 4630. The number of aromatic nitrogens is 7. The van der Waals surface area contributed by atoms with Crippen molar-refractivity contribution in [2.24, 2.45) is 5.73 Å². The highest BCUT2D eigenvalue weighted by Crippen LogP contribution is 2.43. The largest absolute Gasteiger partial charge is 0.506 e. The number of hydrogen-bond donors (Lipinski definition) is 10. The number of nitrogens with two attached hydrogens (primary N) is 1. The van der Waals surface area contributed by atoms with Gasteiger partial charge in [-0.25, -0.2) is 39.5 Å². The zero-order chi connectivity index (χ0) is 72.2. The van der Waals surface area contributed by atoms with Crippen LogP contribution in [0, 0.1) is 0 Å². The number of aliphatic hydroxyl groups is 2. The molecule has 0 saturated carbocycles. The third-order valence-electron chi connectivity index (χ3n) is 17.0. The number of ether oxygens (including phenoxy) is 6. The van der Waals surface area contributed by atoms with Crippen LogP contribution >= 0.6 is 56.7 Å². The number of benzene rings is 1. The number of pyridine rings is 1. The number of nitrogens with one attached hydrogen (secondary N) is 5. The van der Waals surface area contributed by atoms with E-state index in [1.807, 2.05) is 0 Å². The molecule has 1 saturated heterocycles. The number of likely N-dealkylation sites (N-methyl/N-ethyl adjacent to an activating group) is 2. The van der Waals surface area contributed by atoms with Gasteiger partial charge in [-0.2, -0.15) is 4.73 Å². The second kappa shape index (κ2) is 29.0. The molecule has 0 spiro atoms. The Hall–Kier alpha value is -9.32. The Morgan fingerprint density at radius 2 is 1.50 bits per heavy atom. The lowest BCUT2D eigenvalue weighted by Crippen LogP contribution is -2.62. The number of hydrogen-bond acceptors (Lipinski definition) is 31. The summed E-state index contributed by atoms with van der Waals surface area (Å²) in [7, 11) is 8.22. The summed E-state index contributed by atoms with van der Waals surface area (Å²) in [5, 5.41) is 68.0. The van der Waals surface area contributed by atoms with E-state index in [0.29, 0.717) is 10.3 Å². The van der Waals surface area contributed by atoms with Crippen molar-refractivity contribution < 1.29 is 87.3 Å². The van der Waals surface area contributed by atoms with Crippen LogP contribution in [0.4, 0.5) is 0 Å². The van der Waals surface area contributed by atoms with Crippen LogP contribution in [0.1, 0.15) is 125 Å². The molecule has 532 valence electrons. The highest BCUT2D eigenvalue weighted by atomic mass is 32.1. The number of methoxy groups -OCH3 is 1. The van der Waals surface area contributed by atoms with Crippen molar-refractivity contribution in [1.82, 2.24) is 71.0 Å². The summed E-state index contributed by atoms with van der Waals surface area (Å²) in [4.78, 5) is 147. The monoisotopic (exact) mass is 1480 g/mol. The van der Waals surface area contributed by atoms with Gasteiger partial charge in [-0.05, 0) is 73.6 Å². The molecule has 101 heavy (non-hydrogen) atoms. The number of fused-ring (bicyclic) bond motifs is 15. The molecule has 8 aromatic rings. The first-order valence-electron chi connectivity index (χ1n) is 31.0. The number of carbonyl (C=O) groups is 8. The standard InChI is InChI=1S/C63H67N15O18S5/c1-24(79)41-55(86)74-42(25(2)91-9)58-69-36(23-99-58)54(85)75-45-47-48(96-39-14-63(4,89)49(77(7)8)26(3)95-39)62(88)93-16-27-11-10-12-37-40(27)29(17-92-47)46(78(37)90)61(87)94-18-31(66-52(83)34-22-101-60(45)71-34)57-67-32(19-98-57)43-28(56-68-35(20-97-56)53(84)73-41)13-38(80)44(72-43)59-70-33(21-100-59)51(82)65-30(50(64)81)15-76(5)6/h10-13,19-24,26,30-31,39,41,45,47-49,79-80,89-90H,14-18H2,1-9H3,(H2,64,81)(H,65,82)(H,66,83)(H,73,84)(H,74,86)(H,75,85)/b42-25+/t24-,26+,30?,31+,39+,41+,45+,47+,48+,49-,63+/m1/s1. The molecule has 6 amide bonds. The van der Waals surface area contributed by atoms with Crippen LogP contribution in [0.5, 0.6) is 5.75 Å². The molecule has 12 rings (SSSR count). The first-order chi connectivity index (χ1) is 48.1. The summed E-state index contributed by atoms with van der Waals surface area (Å²) < 4.78 is 38.3. The summed E-state index contributed by atoms with van der Waals surface area (Å²) in [6, 6.07) is -0.440. The Kier molecular flexibility index (Phi) is 20.5. The van der Waals surface area contributed by atoms with E-state index >= 15 is 19.2 Å². The molecule has 12 bridgehead atoms. The number of cyclic esters (lactones) is 2. The van der Waals surface area contributed by atoms with E-state index in [2.05, 4.69) is 41.5 Å². The zero-order valence-electron chi connectivity index (χ0n) is 55.2. The first-order valence-corrected chi connectivity index (χ1v) is 35.4. The second-order valence-corrected chi connectivity index (χ2v) is 29.1. The number of allylic oxidation sites excluding steroid dienone is 1. The molecule has 7 aromatic heterocycles. The van der Waals surface area contributed by atoms with Gasteiger partial charge in [-0.1, -0.05) is 12.1 Å². The van der Waals surface area contributed by atoms with E-state index in [1.165, 1.54) is 60.0 Å². The molecule has 1 fully saturated rings. The molecule has 0 aliphatic carbocycles. The smallest absolute Gasteiger partial charge is 0.358 e. The quantitative estimate of drug-likeness (QED) is 0.0504. The van der Waals surface area contributed by atoms with Gasteiger partial charge in [-0.3, -0.25) is 28.8 Å². The lowest BCUT2D eigenvalue weighted by atomic mass is 9.85. The van der Waals surface area contributed by atoms with E-state index in [9.17, 15) is 39.7 Å². The van der Waals surface area contributed by atoms with Crippen LogP contribution in [-0.4, -0.2) is 215 Å². The first kappa shape index (κ1) is 71.5. The van der Waals surface area contributed by atoms with Gasteiger partial charge in [0.05, 0.1) is 43.1 Å². The third kappa shape index (κ3) is 14.5. The fraction of sp³-hybridized carbons (Fsp3) is 0.397. The molecule has 1 unspecified atom stereocenters. The second-order valence-electron chi connectivity index (χ2n) is 24.7. The maximum Gasteiger partial charge on any atom is 0.358 e. The van der Waals surface area contributed by atoms with E-state index in [1.54, 1.807) is 64.0 Å². The average Bonchev–Trinajstić information content (AvgIpc) is 1.64. The van der Waals surface area contributed by atoms with Gasteiger partial charge in [0.2, 0.25) is 11.8 Å². The lowest BCUT2D eigenvalue weighted by molar-refractivity contribution is -0.280. The van der Waals surface area contributed by atoms with E-state index in [-0.39, 0.29) is 111 Å². The van der Waals surface area contributed by atoms with Crippen molar-refractivity contribution in [3.63, 3.8) is 0 Å². The van der Waals surface area contributed by atoms with Crippen LogP contribution in [0.15, 0.2) is 56.9 Å². The van der Waals surface area contributed by atoms with Crippen molar-refractivity contribution in [2.75, 3.05) is 48.5 Å². The molecule has 33 nitrogen and oxygen atoms in total. The minimum Gasteiger partial charge on any atom is -0.506 e. The Balaban J connectivity index is 1.03. The number of rotatable bonds is 11. The van der Waals surface area contributed by atoms with Gasteiger partial charge in [0.25, 0.3) is 23.6 Å². The molecule has 4 aliphatic rings. The summed E-state index contributed by atoms with van der Waals surface area (Å²) >= 11 is 4.52. The van der Waals surface area contributed by atoms with Crippen molar-refractivity contribution >= 4 is 121 Å². The predicted molar refractivity (Wildman–Crippen MR) is 363 cm³/mol. The minimum absolute atomic E-state index is 0.0120. The maximum absolute atomic E-state index is 15.2. The number of carbonyl (C=O) groups excluding carboxylic acids is 8. The fourth-order valence-corrected chi connectivity index (χ4v) is 16.5. The third-order valence-corrected chi connectivity index (χ3v) is 21.4. The summed E-state index contributed by atoms with van der Waals surface area (Å²) in [6.07, 6.45) is -7.56. The van der Waals surface area contributed by atoms with Crippen molar-refractivity contribution in [3.8, 4) is 38.4 Å². The average molecular weight is 1480 g/mol. The highest BCUT2D eigenvalue weighted by molar-refractivity contribution is 7.14. The summed E-state index contributed by atoms with van der Waals surface area (Å²) in [5.74, 6) is -7.94. The molecule has 11 atom stereocenters. The Morgan fingerprint density at radius 1 is 0.842 bits per heavy atom. The Morgan fingerprint density at radius 3 is 2.21 bits per heavy atom. The van der Waals surface area contributed by atoms with Gasteiger partial charge < -0.3 is 91.1 Å². The molecule has 11 N–H and O–H groups in total. The van der Waals surface area contributed by atoms with Gasteiger partial charge in [-0.15, -0.1) is 56.7 Å². The summed E-state index contributed by atoms with van der Waals surface area (Å²) in [6.45, 7) is 4.32.